The van der Waals surface area contributed by atoms with E-state index in [0.29, 0.717) is 30.9 Å². The van der Waals surface area contributed by atoms with Crippen LogP contribution >= 0.6 is 0 Å². The van der Waals surface area contributed by atoms with Gasteiger partial charge in [0.1, 0.15) is 6.61 Å². The van der Waals surface area contributed by atoms with Crippen LogP contribution in [0.5, 0.6) is 11.5 Å². The molecule has 0 aliphatic carbocycles. The van der Waals surface area contributed by atoms with Gasteiger partial charge in [0.2, 0.25) is 6.10 Å². The maximum atomic E-state index is 11.9. The van der Waals surface area contributed by atoms with Gasteiger partial charge in [-0.3, -0.25) is 9.59 Å². The minimum absolute atomic E-state index is 0.117. The van der Waals surface area contributed by atoms with E-state index in [2.05, 4.69) is 5.32 Å². The summed E-state index contributed by atoms with van der Waals surface area (Å²) in [6.07, 6.45) is 0.624. The molecule has 1 aliphatic rings. The van der Waals surface area contributed by atoms with Gasteiger partial charge in [-0.1, -0.05) is 12.1 Å². The van der Waals surface area contributed by atoms with Crippen LogP contribution in [0.1, 0.15) is 19.3 Å². The van der Waals surface area contributed by atoms with E-state index in [4.69, 9.17) is 14.6 Å². The Balaban J connectivity index is 1.73. The van der Waals surface area contributed by atoms with E-state index in [-0.39, 0.29) is 18.9 Å². The summed E-state index contributed by atoms with van der Waals surface area (Å²) in [4.78, 5) is 22.2. The molecular weight excluding hydrogens is 262 g/mol. The fourth-order valence-electron chi connectivity index (χ4n) is 1.88. The van der Waals surface area contributed by atoms with Gasteiger partial charge in [-0.05, 0) is 25.0 Å². The van der Waals surface area contributed by atoms with Crippen molar-refractivity contribution in [2.75, 3.05) is 13.2 Å². The molecule has 20 heavy (non-hydrogen) atoms. The first-order valence-electron chi connectivity index (χ1n) is 6.55. The van der Waals surface area contributed by atoms with Gasteiger partial charge in [0, 0.05) is 13.0 Å². The lowest BCUT2D eigenvalue weighted by Crippen LogP contribution is -2.44. The highest BCUT2D eigenvalue weighted by Gasteiger charge is 2.26. The molecular formula is C14H17NO5. The number of hydrogen-bond donors (Lipinski definition) is 2. The lowest BCUT2D eigenvalue weighted by atomic mass is 10.2. The van der Waals surface area contributed by atoms with Crippen LogP contribution in [0.15, 0.2) is 24.3 Å². The molecule has 1 aliphatic heterocycles. The van der Waals surface area contributed by atoms with Crippen molar-refractivity contribution in [1.82, 2.24) is 5.32 Å². The quantitative estimate of drug-likeness (QED) is 0.764. The molecule has 1 aromatic carbocycles. The number of aliphatic carboxylic acids is 1. The highest BCUT2D eigenvalue weighted by molar-refractivity contribution is 5.81. The molecule has 6 nitrogen and oxygen atoms in total. The van der Waals surface area contributed by atoms with Gasteiger partial charge in [-0.15, -0.1) is 0 Å². The van der Waals surface area contributed by atoms with Crippen molar-refractivity contribution in [1.29, 1.82) is 0 Å². The summed E-state index contributed by atoms with van der Waals surface area (Å²) in [5, 5.41) is 11.2. The number of hydrogen-bond acceptors (Lipinski definition) is 4. The van der Waals surface area contributed by atoms with Gasteiger partial charge in [0.05, 0.1) is 0 Å². The van der Waals surface area contributed by atoms with Crippen molar-refractivity contribution in [2.24, 2.45) is 0 Å². The Bertz CT molecular complexity index is 488. The molecule has 108 valence electrons. The predicted molar refractivity (Wildman–Crippen MR) is 70.8 cm³/mol. The number of nitrogens with one attached hydrogen (secondary N) is 1. The molecule has 2 N–H and O–H groups in total. The van der Waals surface area contributed by atoms with Crippen molar-refractivity contribution in [3.05, 3.63) is 24.3 Å². The van der Waals surface area contributed by atoms with Crippen molar-refractivity contribution >= 4 is 11.9 Å². The average Bonchev–Trinajstić information content (AvgIpc) is 2.46. The highest BCUT2D eigenvalue weighted by Crippen LogP contribution is 2.30. The maximum Gasteiger partial charge on any atom is 0.303 e. The Kier molecular flexibility index (Phi) is 4.81. The van der Waals surface area contributed by atoms with Crippen LogP contribution in [0.4, 0.5) is 0 Å². The lowest BCUT2D eigenvalue weighted by molar-refractivity contribution is -0.137. The second-order valence-electron chi connectivity index (χ2n) is 4.51. The molecule has 0 spiro atoms. The summed E-state index contributed by atoms with van der Waals surface area (Å²) in [5.74, 6) is 0.134. The molecule has 0 aromatic heterocycles. The van der Waals surface area contributed by atoms with Gasteiger partial charge in [-0.25, -0.2) is 0 Å². The van der Waals surface area contributed by atoms with Crippen molar-refractivity contribution < 1.29 is 24.2 Å². The Morgan fingerprint density at radius 2 is 2.00 bits per heavy atom. The van der Waals surface area contributed by atoms with Gasteiger partial charge in [0.15, 0.2) is 11.5 Å². The first kappa shape index (κ1) is 14.2. The van der Waals surface area contributed by atoms with Gasteiger partial charge in [0.25, 0.3) is 5.91 Å². The fraction of sp³-hybridized carbons (Fsp3) is 0.429. The molecule has 1 heterocycles. The molecule has 0 saturated heterocycles. The van der Waals surface area contributed by atoms with Crippen LogP contribution in [-0.2, 0) is 9.59 Å². The Morgan fingerprint density at radius 3 is 2.75 bits per heavy atom. The number of ether oxygens (including phenoxy) is 2. The number of benzene rings is 1. The number of para-hydroxylation sites is 2. The van der Waals surface area contributed by atoms with E-state index in [0.717, 1.165) is 0 Å². The van der Waals surface area contributed by atoms with E-state index in [1.165, 1.54) is 0 Å². The Hall–Kier alpha value is -2.24. The maximum absolute atomic E-state index is 11.9. The third-order valence-electron chi connectivity index (χ3n) is 2.92. The number of rotatable bonds is 6. The van der Waals surface area contributed by atoms with Gasteiger partial charge < -0.3 is 19.9 Å². The summed E-state index contributed by atoms with van der Waals surface area (Å²) >= 11 is 0. The van der Waals surface area contributed by atoms with E-state index in [1.54, 1.807) is 12.1 Å². The molecule has 0 fully saturated rings. The van der Waals surface area contributed by atoms with E-state index in [9.17, 15) is 9.59 Å². The van der Waals surface area contributed by atoms with Crippen molar-refractivity contribution in [3.8, 4) is 11.5 Å². The number of fused-ring (bicyclic) bond motifs is 1. The Morgan fingerprint density at radius 1 is 1.25 bits per heavy atom. The molecule has 6 heteroatoms. The SMILES string of the molecule is O=C(O)CCCCNC(=O)C1COc2ccccc2O1. The van der Waals surface area contributed by atoms with Crippen LogP contribution in [0.2, 0.25) is 0 Å². The predicted octanol–water partition coefficient (Wildman–Crippen LogP) is 1.20. The second kappa shape index (κ2) is 6.79. The van der Waals surface area contributed by atoms with Crippen LogP contribution < -0.4 is 14.8 Å². The largest absolute Gasteiger partial charge is 0.485 e. The third kappa shape index (κ3) is 3.88. The highest BCUT2D eigenvalue weighted by atomic mass is 16.6. The number of carbonyl (C=O) groups excluding carboxylic acids is 1. The molecule has 1 unspecified atom stereocenters. The molecule has 0 saturated carbocycles. The molecule has 0 bridgehead atoms. The minimum atomic E-state index is -0.822. The van der Waals surface area contributed by atoms with Crippen LogP contribution in [-0.4, -0.2) is 36.2 Å². The molecule has 0 radical (unpaired) electrons. The Labute approximate surface area is 116 Å². The summed E-state index contributed by atoms with van der Waals surface area (Å²) in [6.45, 7) is 0.617. The normalized spacial score (nSPS) is 16.5. The van der Waals surface area contributed by atoms with Gasteiger partial charge >= 0.3 is 5.97 Å². The third-order valence-corrected chi connectivity index (χ3v) is 2.92. The second-order valence-corrected chi connectivity index (χ2v) is 4.51. The summed E-state index contributed by atoms with van der Waals surface area (Å²) in [7, 11) is 0. The zero-order valence-electron chi connectivity index (χ0n) is 11.0. The minimum Gasteiger partial charge on any atom is -0.485 e. The standard InChI is InChI=1S/C14H17NO5/c16-13(17)7-3-4-8-15-14(18)12-9-19-10-5-1-2-6-11(10)20-12/h1-2,5-6,12H,3-4,7-9H2,(H,15,18)(H,16,17). The van der Waals surface area contributed by atoms with Crippen LogP contribution in [0.3, 0.4) is 0 Å². The number of carbonyl (C=O) groups is 2. The monoisotopic (exact) mass is 279 g/mol. The van der Waals surface area contributed by atoms with Gasteiger partial charge in [-0.2, -0.15) is 0 Å². The zero-order chi connectivity index (χ0) is 14.4. The van der Waals surface area contributed by atoms with Crippen LogP contribution in [0.25, 0.3) is 0 Å². The number of carboxylic acid groups (broad SMARTS) is 1. The lowest BCUT2D eigenvalue weighted by Gasteiger charge is -2.25. The number of amides is 1. The zero-order valence-corrected chi connectivity index (χ0v) is 11.0. The fourth-order valence-corrected chi connectivity index (χ4v) is 1.88. The summed E-state index contributed by atoms with van der Waals surface area (Å²) in [6, 6.07) is 7.19. The first-order chi connectivity index (χ1) is 9.66. The molecule has 2 rings (SSSR count). The number of carboxylic acids is 1. The average molecular weight is 279 g/mol. The topological polar surface area (TPSA) is 84.9 Å². The first-order valence-corrected chi connectivity index (χ1v) is 6.55. The smallest absolute Gasteiger partial charge is 0.303 e. The van der Waals surface area contributed by atoms with E-state index < -0.39 is 12.1 Å². The summed E-state index contributed by atoms with van der Waals surface area (Å²) < 4.78 is 11.0. The van der Waals surface area contributed by atoms with Crippen molar-refractivity contribution in [2.45, 2.75) is 25.4 Å². The van der Waals surface area contributed by atoms with E-state index in [1.807, 2.05) is 12.1 Å². The van der Waals surface area contributed by atoms with Crippen LogP contribution in [0, 0.1) is 0 Å². The molecule has 1 amide bonds. The van der Waals surface area contributed by atoms with Crippen molar-refractivity contribution in [3.63, 3.8) is 0 Å². The van der Waals surface area contributed by atoms with E-state index >= 15 is 0 Å². The summed E-state index contributed by atoms with van der Waals surface area (Å²) in [5.41, 5.74) is 0. The molecule has 1 atom stereocenters. The molecule has 1 aromatic rings. The number of unbranched alkanes of at least 4 members (excludes halogenated alkanes) is 1.